The minimum absolute atomic E-state index is 0.126. The van der Waals surface area contributed by atoms with Gasteiger partial charge < -0.3 is 10.6 Å². The number of hydrogen-bond acceptors (Lipinski definition) is 2. The first-order valence-corrected chi connectivity index (χ1v) is 10.8. The fraction of sp³-hybridized carbons (Fsp3) is 0.0909. The first-order valence-electron chi connectivity index (χ1n) is 9.22. The molecule has 11 heteroatoms. The molecule has 4 nitrogen and oxygen atoms in total. The zero-order chi connectivity index (χ0) is 24.1. The Kier molecular flexibility index (Phi) is 6.15. The molecule has 0 aliphatic carbocycles. The molecule has 3 aromatic carbocycles. The predicted molar refractivity (Wildman–Crippen MR) is 119 cm³/mol. The van der Waals surface area contributed by atoms with Crippen LogP contribution in [0, 0.1) is 5.82 Å². The maximum atomic E-state index is 13.8. The summed E-state index contributed by atoms with van der Waals surface area (Å²) < 4.78 is 53.4. The van der Waals surface area contributed by atoms with Crippen LogP contribution in [0.1, 0.15) is 43.4 Å². The summed E-state index contributed by atoms with van der Waals surface area (Å²) in [6.07, 6.45) is -4.83. The molecule has 170 valence electrons. The lowest BCUT2D eigenvalue weighted by Gasteiger charge is -2.18. The van der Waals surface area contributed by atoms with Crippen LogP contribution >= 0.6 is 39.1 Å². The fourth-order valence-corrected chi connectivity index (χ4v) is 4.41. The molecule has 33 heavy (non-hydrogen) atoms. The molecule has 0 saturated carbocycles. The molecule has 0 saturated heterocycles. The van der Waals surface area contributed by atoms with Gasteiger partial charge in [-0.15, -0.1) is 0 Å². The number of benzene rings is 3. The van der Waals surface area contributed by atoms with Gasteiger partial charge in [0.2, 0.25) is 0 Å². The van der Waals surface area contributed by atoms with Gasteiger partial charge in [0.1, 0.15) is 5.82 Å². The number of amides is 2. The molecule has 0 fully saturated rings. The SMILES string of the molecule is O=C(Nc1cc(Br)cc2c1[C@@H](c1cc(Cl)ccc1Cl)NC2=O)c1cc(F)cc(C(F)(F)F)c1. The zero-order valence-corrected chi connectivity index (χ0v) is 19.3. The average molecular weight is 562 g/mol. The van der Waals surface area contributed by atoms with E-state index < -0.39 is 41.0 Å². The lowest BCUT2D eigenvalue weighted by Crippen LogP contribution is -2.21. The quantitative estimate of drug-likeness (QED) is 0.338. The lowest BCUT2D eigenvalue weighted by molar-refractivity contribution is -0.137. The standard InChI is InChI=1S/C22H11BrCl2F4N2O2/c23-11-6-15-18(19(31-21(15)33)14-8-12(24)1-2-16(14)25)17(7-11)30-20(32)9-3-10(22(27,28)29)5-13(26)4-9/h1-8,19H,(H,30,32)(H,31,33)/t19-/m1/s1. The van der Waals surface area contributed by atoms with Crippen molar-refractivity contribution >= 4 is 56.6 Å². The first-order chi connectivity index (χ1) is 15.4. The highest BCUT2D eigenvalue weighted by Gasteiger charge is 2.35. The highest BCUT2D eigenvalue weighted by Crippen LogP contribution is 2.41. The summed E-state index contributed by atoms with van der Waals surface area (Å²) in [5.41, 5.74) is -0.692. The molecule has 0 unspecified atom stereocenters. The van der Waals surface area contributed by atoms with E-state index in [1.807, 2.05) is 0 Å². The van der Waals surface area contributed by atoms with Crippen LogP contribution in [0.2, 0.25) is 10.0 Å². The molecular weight excluding hydrogens is 551 g/mol. The van der Waals surface area contributed by atoms with Crippen molar-refractivity contribution in [3.8, 4) is 0 Å². The minimum atomic E-state index is -4.83. The molecule has 4 rings (SSSR count). The lowest BCUT2D eigenvalue weighted by atomic mass is 9.96. The van der Waals surface area contributed by atoms with Gasteiger partial charge in [-0.1, -0.05) is 39.1 Å². The number of anilines is 1. The second-order valence-corrected chi connectivity index (χ2v) is 8.93. The van der Waals surface area contributed by atoms with Crippen molar-refractivity contribution in [2.75, 3.05) is 5.32 Å². The second kappa shape index (κ2) is 8.62. The highest BCUT2D eigenvalue weighted by molar-refractivity contribution is 9.10. The van der Waals surface area contributed by atoms with Gasteiger partial charge in [-0.25, -0.2) is 4.39 Å². The summed E-state index contributed by atoms with van der Waals surface area (Å²) in [7, 11) is 0. The van der Waals surface area contributed by atoms with Gasteiger partial charge in [-0.05, 0) is 54.1 Å². The Morgan fingerprint density at radius 2 is 1.79 bits per heavy atom. The van der Waals surface area contributed by atoms with Crippen LogP contribution in [0.25, 0.3) is 0 Å². The topological polar surface area (TPSA) is 58.2 Å². The summed E-state index contributed by atoms with van der Waals surface area (Å²) >= 11 is 15.6. The smallest absolute Gasteiger partial charge is 0.341 e. The molecule has 1 heterocycles. The van der Waals surface area contributed by atoms with Crippen LogP contribution in [-0.4, -0.2) is 11.8 Å². The number of carbonyl (C=O) groups is 2. The van der Waals surface area contributed by atoms with Crippen LogP contribution in [0.4, 0.5) is 23.2 Å². The van der Waals surface area contributed by atoms with E-state index in [-0.39, 0.29) is 11.3 Å². The first kappa shape index (κ1) is 23.5. The molecule has 0 radical (unpaired) electrons. The third kappa shape index (κ3) is 4.71. The minimum Gasteiger partial charge on any atom is -0.341 e. The maximum Gasteiger partial charge on any atom is 0.416 e. The van der Waals surface area contributed by atoms with E-state index in [1.54, 1.807) is 18.2 Å². The molecule has 0 spiro atoms. The number of alkyl halides is 3. The van der Waals surface area contributed by atoms with Gasteiger partial charge in [-0.2, -0.15) is 13.2 Å². The monoisotopic (exact) mass is 560 g/mol. The normalized spacial score (nSPS) is 15.2. The third-order valence-electron chi connectivity index (χ3n) is 4.96. The summed E-state index contributed by atoms with van der Waals surface area (Å²) in [5, 5.41) is 5.91. The van der Waals surface area contributed by atoms with Gasteiger partial charge in [0, 0.05) is 36.9 Å². The van der Waals surface area contributed by atoms with E-state index in [9.17, 15) is 27.2 Å². The Hall–Kier alpha value is -2.62. The van der Waals surface area contributed by atoms with Crippen LogP contribution in [0.5, 0.6) is 0 Å². The van der Waals surface area contributed by atoms with E-state index >= 15 is 0 Å². The number of nitrogens with one attached hydrogen (secondary N) is 2. The summed E-state index contributed by atoms with van der Waals surface area (Å²) in [5.74, 6) is -2.65. The van der Waals surface area contributed by atoms with Gasteiger partial charge in [-0.3, -0.25) is 9.59 Å². The van der Waals surface area contributed by atoms with Gasteiger partial charge >= 0.3 is 6.18 Å². The summed E-state index contributed by atoms with van der Waals surface area (Å²) in [4.78, 5) is 25.4. The number of fused-ring (bicyclic) bond motifs is 1. The summed E-state index contributed by atoms with van der Waals surface area (Å²) in [6.45, 7) is 0. The molecule has 1 aliphatic heterocycles. The van der Waals surface area contributed by atoms with Crippen molar-refractivity contribution in [1.29, 1.82) is 0 Å². The number of hydrogen-bond donors (Lipinski definition) is 2. The largest absolute Gasteiger partial charge is 0.416 e. The van der Waals surface area contributed by atoms with Crippen LogP contribution < -0.4 is 10.6 Å². The van der Waals surface area contributed by atoms with Crippen LogP contribution in [0.15, 0.2) is 53.0 Å². The van der Waals surface area contributed by atoms with E-state index in [0.717, 1.165) is 0 Å². The molecule has 2 amide bonds. The van der Waals surface area contributed by atoms with Crippen LogP contribution in [-0.2, 0) is 6.18 Å². The van der Waals surface area contributed by atoms with E-state index in [2.05, 4.69) is 26.6 Å². The Labute approximate surface area is 203 Å². The molecule has 1 atom stereocenters. The predicted octanol–water partition coefficient (Wildman–Crippen LogP) is 7.00. The Morgan fingerprint density at radius 3 is 2.48 bits per heavy atom. The van der Waals surface area contributed by atoms with E-state index in [1.165, 1.54) is 12.1 Å². The Morgan fingerprint density at radius 1 is 1.06 bits per heavy atom. The third-order valence-corrected chi connectivity index (χ3v) is 6.00. The van der Waals surface area contributed by atoms with Crippen molar-refractivity contribution in [3.63, 3.8) is 0 Å². The molecule has 0 bridgehead atoms. The molecule has 1 aliphatic rings. The van der Waals surface area contributed by atoms with Gasteiger partial charge in [0.25, 0.3) is 11.8 Å². The Balaban J connectivity index is 1.79. The van der Waals surface area contributed by atoms with E-state index in [0.29, 0.717) is 43.8 Å². The molecular formula is C22H11BrCl2F4N2O2. The Bertz CT molecular complexity index is 1310. The van der Waals surface area contributed by atoms with Crippen LogP contribution in [0.3, 0.4) is 0 Å². The number of carbonyl (C=O) groups excluding carboxylic acids is 2. The highest BCUT2D eigenvalue weighted by atomic mass is 79.9. The second-order valence-electron chi connectivity index (χ2n) is 7.17. The number of halogens is 7. The van der Waals surface area contributed by atoms with Gasteiger partial charge in [0.15, 0.2) is 0 Å². The van der Waals surface area contributed by atoms with Crippen molar-refractivity contribution in [1.82, 2.24) is 5.32 Å². The van der Waals surface area contributed by atoms with Crippen molar-refractivity contribution in [3.05, 3.63) is 96.7 Å². The average Bonchev–Trinajstić information content (AvgIpc) is 3.05. The van der Waals surface area contributed by atoms with Crippen molar-refractivity contribution in [2.45, 2.75) is 12.2 Å². The summed E-state index contributed by atoms with van der Waals surface area (Å²) in [6, 6.07) is 8.43. The molecule has 3 aromatic rings. The number of rotatable bonds is 3. The molecule has 0 aromatic heterocycles. The van der Waals surface area contributed by atoms with Crippen molar-refractivity contribution < 1.29 is 27.2 Å². The van der Waals surface area contributed by atoms with E-state index in [4.69, 9.17) is 23.2 Å². The molecule has 2 N–H and O–H groups in total. The fourth-order valence-electron chi connectivity index (χ4n) is 3.55. The van der Waals surface area contributed by atoms with Crippen molar-refractivity contribution in [2.24, 2.45) is 0 Å². The zero-order valence-electron chi connectivity index (χ0n) is 16.2. The maximum absolute atomic E-state index is 13.8. The van der Waals surface area contributed by atoms with Gasteiger partial charge in [0.05, 0.1) is 11.6 Å².